The van der Waals surface area contributed by atoms with Crippen LogP contribution in [0.1, 0.15) is 45.1 Å². The average Bonchev–Trinajstić information content (AvgIpc) is 2.88. The Morgan fingerprint density at radius 2 is 2.10 bits per heavy atom. The number of fused-ring (bicyclic) bond motifs is 1. The quantitative estimate of drug-likeness (QED) is 0.829. The van der Waals surface area contributed by atoms with Crippen LogP contribution in [0.5, 0.6) is 0 Å². The highest BCUT2D eigenvalue weighted by Crippen LogP contribution is 2.30. The third kappa shape index (κ3) is 2.77. The topological polar surface area (TPSA) is 78.7 Å². The maximum absolute atomic E-state index is 11.4. The van der Waals surface area contributed by atoms with Crippen LogP contribution in [0.3, 0.4) is 0 Å². The van der Waals surface area contributed by atoms with Crippen molar-refractivity contribution in [1.29, 1.82) is 0 Å². The van der Waals surface area contributed by atoms with Gasteiger partial charge in [-0.1, -0.05) is 13.3 Å². The molecule has 2 heterocycles. The number of aromatic nitrogens is 4. The number of alkyl halides is 1. The van der Waals surface area contributed by atoms with Crippen LogP contribution < -0.4 is 5.73 Å². The molecule has 0 saturated heterocycles. The summed E-state index contributed by atoms with van der Waals surface area (Å²) in [5, 5.41) is 4.54. The Morgan fingerprint density at radius 1 is 1.43 bits per heavy atom. The fraction of sp³-hybridized carbons (Fsp3) is 0.643. The summed E-state index contributed by atoms with van der Waals surface area (Å²) in [6.45, 7) is 6.03. The molecule has 0 atom stereocenters. The lowest BCUT2D eigenvalue weighted by Crippen LogP contribution is -2.33. The van der Waals surface area contributed by atoms with E-state index < -0.39 is 5.54 Å². The molecular weight excluding hydrogens is 290 g/mol. The highest BCUT2D eigenvalue weighted by molar-refractivity contribution is 6.16. The summed E-state index contributed by atoms with van der Waals surface area (Å²) in [5.41, 5.74) is 7.61. The van der Waals surface area contributed by atoms with Crippen LogP contribution in [0.25, 0.3) is 11.2 Å². The molecule has 7 heteroatoms. The monoisotopic (exact) mass is 311 g/mol. The summed E-state index contributed by atoms with van der Waals surface area (Å²) in [5.74, 6) is 0.671. The number of carbonyl (C=O) groups excluding carboxylic acids is 1. The Morgan fingerprint density at radius 3 is 2.62 bits per heavy atom. The molecule has 0 radical (unpaired) electrons. The number of aryl methyl sites for hydroxylation is 2. The van der Waals surface area contributed by atoms with Crippen molar-refractivity contribution < 1.29 is 4.79 Å². The summed E-state index contributed by atoms with van der Waals surface area (Å²) in [7, 11) is 1.89. The molecule has 0 fully saturated rings. The molecule has 2 aromatic rings. The van der Waals surface area contributed by atoms with Crippen molar-refractivity contribution in [3.63, 3.8) is 0 Å². The van der Waals surface area contributed by atoms with Gasteiger partial charge < -0.3 is 10.3 Å². The highest BCUT2D eigenvalue weighted by atomic mass is 35.5. The van der Waals surface area contributed by atoms with Gasteiger partial charge in [-0.25, -0.2) is 4.98 Å². The maximum Gasteiger partial charge on any atom is 0.219 e. The second-order valence-corrected chi connectivity index (χ2v) is 6.21. The van der Waals surface area contributed by atoms with E-state index in [4.69, 9.17) is 17.3 Å². The van der Waals surface area contributed by atoms with E-state index in [1.807, 2.05) is 30.1 Å². The maximum atomic E-state index is 11.4. The fourth-order valence-corrected chi connectivity index (χ4v) is 3.04. The molecular formula is C14H22ClN5O. The molecule has 0 aliphatic rings. The number of carbonyl (C=O) groups is 1. The van der Waals surface area contributed by atoms with Crippen molar-refractivity contribution in [1.82, 2.24) is 19.3 Å². The number of primary amides is 1. The van der Waals surface area contributed by atoms with Crippen molar-refractivity contribution in [2.24, 2.45) is 12.8 Å². The molecule has 2 N–H and O–H groups in total. The van der Waals surface area contributed by atoms with Crippen molar-refractivity contribution in [3.05, 3.63) is 11.5 Å². The molecule has 116 valence electrons. The lowest BCUT2D eigenvalue weighted by Gasteiger charge is -2.27. The molecule has 21 heavy (non-hydrogen) atoms. The molecule has 6 nitrogen and oxygen atoms in total. The largest absolute Gasteiger partial charge is 0.370 e. The molecule has 0 aliphatic heterocycles. The van der Waals surface area contributed by atoms with Gasteiger partial charge >= 0.3 is 0 Å². The Labute approximate surface area is 129 Å². The van der Waals surface area contributed by atoms with E-state index in [0.29, 0.717) is 0 Å². The van der Waals surface area contributed by atoms with Crippen LogP contribution in [0.2, 0.25) is 0 Å². The van der Waals surface area contributed by atoms with Gasteiger partial charge in [-0.3, -0.25) is 9.48 Å². The zero-order chi connectivity index (χ0) is 15.8. The molecule has 0 spiro atoms. The van der Waals surface area contributed by atoms with Gasteiger partial charge in [-0.15, -0.1) is 11.6 Å². The molecule has 0 saturated carbocycles. The predicted octanol–water partition coefficient (Wildman–Crippen LogP) is 2.07. The second kappa shape index (κ2) is 5.67. The summed E-state index contributed by atoms with van der Waals surface area (Å²) in [6, 6.07) is 0. The Bertz CT molecular complexity index is 670. The first-order chi connectivity index (χ1) is 9.81. The SMILES string of the molecule is CCCc1nn(C)c2c1nc(CCl)n2C(C)(C)CC(N)=O. The van der Waals surface area contributed by atoms with Crippen molar-refractivity contribution in [2.45, 2.75) is 51.5 Å². The van der Waals surface area contributed by atoms with Gasteiger partial charge in [-0.05, 0) is 20.3 Å². The number of imidazole rings is 1. The molecule has 1 amide bonds. The molecule has 0 bridgehead atoms. The predicted molar refractivity (Wildman–Crippen MR) is 83.2 cm³/mol. The van der Waals surface area contributed by atoms with Gasteiger partial charge in [0, 0.05) is 13.5 Å². The van der Waals surface area contributed by atoms with Gasteiger partial charge in [0.15, 0.2) is 5.65 Å². The number of rotatable bonds is 6. The third-order valence-corrected chi connectivity index (χ3v) is 3.83. The highest BCUT2D eigenvalue weighted by Gasteiger charge is 2.30. The van der Waals surface area contributed by atoms with E-state index in [1.165, 1.54) is 0 Å². The van der Waals surface area contributed by atoms with Gasteiger partial charge in [0.2, 0.25) is 5.91 Å². The number of hydrogen-bond donors (Lipinski definition) is 1. The van der Waals surface area contributed by atoms with Crippen LogP contribution in [0, 0.1) is 0 Å². The number of amides is 1. The first-order valence-electron chi connectivity index (χ1n) is 7.09. The third-order valence-electron chi connectivity index (χ3n) is 3.59. The van der Waals surface area contributed by atoms with E-state index in [9.17, 15) is 4.79 Å². The summed E-state index contributed by atoms with van der Waals surface area (Å²) in [4.78, 5) is 16.0. The van der Waals surface area contributed by atoms with Crippen LogP contribution in [0.15, 0.2) is 0 Å². The standard InChI is InChI=1S/C14H22ClN5O/c1-5-6-9-12-13(19(4)18-9)20(11(8-15)17-12)14(2,3)7-10(16)21/h5-8H2,1-4H3,(H2,16,21). The first-order valence-corrected chi connectivity index (χ1v) is 7.63. The number of nitrogens with zero attached hydrogens (tertiary/aromatic N) is 4. The summed E-state index contributed by atoms with van der Waals surface area (Å²) < 4.78 is 3.80. The number of hydrogen-bond acceptors (Lipinski definition) is 3. The minimum atomic E-state index is -0.498. The Kier molecular flexibility index (Phi) is 4.27. The minimum absolute atomic E-state index is 0.219. The zero-order valence-electron chi connectivity index (χ0n) is 13.0. The molecule has 2 aromatic heterocycles. The first kappa shape index (κ1) is 15.8. The Balaban J connectivity index is 2.69. The minimum Gasteiger partial charge on any atom is -0.370 e. The van der Waals surface area contributed by atoms with Gasteiger partial charge in [0.25, 0.3) is 0 Å². The zero-order valence-corrected chi connectivity index (χ0v) is 13.7. The Hall–Kier alpha value is -1.56. The molecule has 2 rings (SSSR count). The van der Waals surface area contributed by atoms with Crippen molar-refractivity contribution in [3.8, 4) is 0 Å². The molecule has 0 aromatic carbocycles. The van der Waals surface area contributed by atoms with Crippen molar-refractivity contribution >= 4 is 28.7 Å². The smallest absolute Gasteiger partial charge is 0.219 e. The van der Waals surface area contributed by atoms with Gasteiger partial charge in [0.05, 0.1) is 17.1 Å². The number of nitrogens with two attached hydrogens (primary N) is 1. The molecule has 0 aliphatic carbocycles. The van der Waals surface area contributed by atoms with Gasteiger partial charge in [0.1, 0.15) is 11.3 Å². The number of halogens is 1. The van der Waals surface area contributed by atoms with E-state index in [2.05, 4.69) is 17.0 Å². The normalized spacial score (nSPS) is 12.2. The van der Waals surface area contributed by atoms with Crippen LogP contribution in [0.4, 0.5) is 0 Å². The lowest BCUT2D eigenvalue weighted by molar-refractivity contribution is -0.119. The summed E-state index contributed by atoms with van der Waals surface area (Å²) >= 11 is 6.06. The van der Waals surface area contributed by atoms with E-state index >= 15 is 0 Å². The summed E-state index contributed by atoms with van der Waals surface area (Å²) in [6.07, 6.45) is 2.09. The van der Waals surface area contributed by atoms with Crippen LogP contribution in [-0.4, -0.2) is 25.2 Å². The van der Waals surface area contributed by atoms with E-state index in [-0.39, 0.29) is 18.2 Å². The second-order valence-electron chi connectivity index (χ2n) is 5.95. The van der Waals surface area contributed by atoms with Crippen LogP contribution >= 0.6 is 11.6 Å². The van der Waals surface area contributed by atoms with E-state index in [0.717, 1.165) is 35.5 Å². The average molecular weight is 312 g/mol. The fourth-order valence-electron chi connectivity index (χ4n) is 2.86. The van der Waals surface area contributed by atoms with Crippen LogP contribution in [-0.2, 0) is 29.7 Å². The molecule has 0 unspecified atom stereocenters. The van der Waals surface area contributed by atoms with Gasteiger partial charge in [-0.2, -0.15) is 5.10 Å². The van der Waals surface area contributed by atoms with E-state index in [1.54, 1.807) is 0 Å². The lowest BCUT2D eigenvalue weighted by atomic mass is 9.99. The van der Waals surface area contributed by atoms with Crippen molar-refractivity contribution in [2.75, 3.05) is 0 Å².